The molecule has 1 aliphatic heterocycles. The lowest BCUT2D eigenvalue weighted by Gasteiger charge is -2.19. The van der Waals surface area contributed by atoms with Gasteiger partial charge in [-0.3, -0.25) is 14.5 Å². The summed E-state index contributed by atoms with van der Waals surface area (Å²) in [5.41, 5.74) is 4.05. The minimum absolute atomic E-state index is 0.193. The van der Waals surface area contributed by atoms with Crippen LogP contribution >= 0.6 is 11.6 Å². The number of halogens is 1. The lowest BCUT2D eigenvalue weighted by atomic mass is 10.1. The second kappa shape index (κ2) is 9.04. The summed E-state index contributed by atoms with van der Waals surface area (Å²) in [5, 5.41) is 3.56. The summed E-state index contributed by atoms with van der Waals surface area (Å²) >= 11 is 6.24. The van der Waals surface area contributed by atoms with Gasteiger partial charge in [-0.05, 0) is 67.1 Å². The minimum atomic E-state index is -0.216. The Labute approximate surface area is 202 Å². The highest BCUT2D eigenvalue weighted by atomic mass is 35.5. The monoisotopic (exact) mass is 468 g/mol. The Morgan fingerprint density at radius 1 is 0.941 bits per heavy atom. The zero-order valence-electron chi connectivity index (χ0n) is 18.4. The number of benzene rings is 3. The van der Waals surface area contributed by atoms with Crippen LogP contribution in [0.15, 0.2) is 108 Å². The summed E-state index contributed by atoms with van der Waals surface area (Å²) in [6.07, 6.45) is 5.88. The summed E-state index contributed by atoms with van der Waals surface area (Å²) < 4.78 is 6.09. The first kappa shape index (κ1) is 21.7. The van der Waals surface area contributed by atoms with Crippen molar-refractivity contribution >= 4 is 34.8 Å². The van der Waals surface area contributed by atoms with Crippen molar-refractivity contribution in [3.05, 3.63) is 124 Å². The van der Waals surface area contributed by atoms with Crippen molar-refractivity contribution in [2.75, 3.05) is 10.2 Å². The largest absolute Gasteiger partial charge is 0.455 e. The quantitative estimate of drug-likeness (QED) is 0.472. The van der Waals surface area contributed by atoms with Crippen LogP contribution in [0.5, 0.6) is 5.75 Å². The molecule has 1 N–H and O–H groups in total. The van der Waals surface area contributed by atoms with Gasteiger partial charge in [0.1, 0.15) is 5.76 Å². The van der Waals surface area contributed by atoms with E-state index in [1.807, 2.05) is 55.5 Å². The Balaban J connectivity index is 1.42. The smallest absolute Gasteiger partial charge is 0.262 e. The fraction of sp³-hybridized carbons (Fsp3) is 0.0714. The predicted octanol–water partition coefficient (Wildman–Crippen LogP) is 6.58. The number of ether oxygens (including phenoxy) is 1. The van der Waals surface area contributed by atoms with E-state index in [0.717, 1.165) is 11.1 Å². The average molecular weight is 469 g/mol. The van der Waals surface area contributed by atoms with Gasteiger partial charge in [-0.2, -0.15) is 0 Å². The van der Waals surface area contributed by atoms with E-state index < -0.39 is 0 Å². The molecule has 0 fully saturated rings. The summed E-state index contributed by atoms with van der Waals surface area (Å²) in [7, 11) is 0. The van der Waals surface area contributed by atoms with Gasteiger partial charge in [-0.15, -0.1) is 0 Å². The van der Waals surface area contributed by atoms with Crippen LogP contribution in [-0.2, 0) is 0 Å². The Kier molecular flexibility index (Phi) is 5.78. The van der Waals surface area contributed by atoms with E-state index in [-0.39, 0.29) is 11.8 Å². The molecule has 0 aromatic heterocycles. The minimum Gasteiger partial charge on any atom is -0.455 e. The number of anilines is 2. The van der Waals surface area contributed by atoms with Crippen molar-refractivity contribution in [2.24, 2.45) is 0 Å². The molecule has 168 valence electrons. The molecule has 0 spiro atoms. The van der Waals surface area contributed by atoms with E-state index in [1.165, 1.54) is 0 Å². The van der Waals surface area contributed by atoms with Crippen molar-refractivity contribution < 1.29 is 14.3 Å². The summed E-state index contributed by atoms with van der Waals surface area (Å²) in [6.45, 7) is 1.89. The molecule has 2 amide bonds. The third-order valence-corrected chi connectivity index (χ3v) is 5.98. The van der Waals surface area contributed by atoms with Crippen LogP contribution in [0.3, 0.4) is 0 Å². The maximum atomic E-state index is 13.5. The molecule has 34 heavy (non-hydrogen) atoms. The van der Waals surface area contributed by atoms with E-state index in [0.29, 0.717) is 45.5 Å². The number of nitrogens with zero attached hydrogens (tertiary/aromatic N) is 1. The molecule has 0 radical (unpaired) electrons. The fourth-order valence-electron chi connectivity index (χ4n) is 3.93. The maximum Gasteiger partial charge on any atom is 0.262 e. The topological polar surface area (TPSA) is 58.6 Å². The number of hydrogen-bond donors (Lipinski definition) is 1. The summed E-state index contributed by atoms with van der Waals surface area (Å²) in [4.78, 5) is 27.7. The number of aryl methyl sites for hydroxylation is 1. The van der Waals surface area contributed by atoms with Gasteiger partial charge in [0.25, 0.3) is 11.8 Å². The number of rotatable bonds is 3. The number of allylic oxidation sites excluding steroid dienone is 4. The lowest BCUT2D eigenvalue weighted by molar-refractivity contribution is 0.0995. The number of fused-ring (bicyclic) bond motifs is 2. The molecule has 1 aliphatic carbocycles. The Morgan fingerprint density at radius 2 is 1.68 bits per heavy atom. The number of hydrogen-bond acceptors (Lipinski definition) is 3. The molecule has 3 aromatic carbocycles. The van der Waals surface area contributed by atoms with E-state index in [4.69, 9.17) is 16.3 Å². The Morgan fingerprint density at radius 3 is 2.47 bits per heavy atom. The van der Waals surface area contributed by atoms with Crippen LogP contribution in [0.25, 0.3) is 0 Å². The molecule has 0 bridgehead atoms. The van der Waals surface area contributed by atoms with Crippen molar-refractivity contribution in [1.29, 1.82) is 0 Å². The Hall–Kier alpha value is -4.09. The van der Waals surface area contributed by atoms with Gasteiger partial charge in [0.05, 0.1) is 5.69 Å². The van der Waals surface area contributed by atoms with Crippen LogP contribution in [0, 0.1) is 6.92 Å². The van der Waals surface area contributed by atoms with Crippen LogP contribution in [0.1, 0.15) is 32.7 Å². The fourth-order valence-corrected chi connectivity index (χ4v) is 4.13. The highest BCUT2D eigenvalue weighted by molar-refractivity contribution is 6.30. The number of nitrogens with one attached hydrogen (secondary N) is 1. The molecule has 0 saturated heterocycles. The first-order chi connectivity index (χ1) is 16.5. The number of carbonyl (C=O) groups excluding carboxylic acids is 2. The average Bonchev–Trinajstić information content (AvgIpc) is 3.01. The second-order valence-electron chi connectivity index (χ2n) is 8.07. The standard InChI is InChI=1S/C28H21ClN2O3/c1-18-6-2-3-7-23(18)27(32)30-22-13-10-19(11-14-22)28(33)31-17-20-16-21(29)12-15-25(20)34-26-9-5-4-8-24(26)31/h2-15,17H,16H2,1H3,(H,30,32). The SMILES string of the molecule is Cc1ccccc1C(=O)Nc1ccc(C(=O)N2C=C3CC(Cl)=CC=C3Oc3ccccc32)cc1. The molecule has 2 aliphatic rings. The number of para-hydroxylation sites is 2. The molecule has 0 atom stereocenters. The molecule has 3 aromatic rings. The third-order valence-electron chi connectivity index (χ3n) is 5.72. The second-order valence-corrected chi connectivity index (χ2v) is 8.55. The van der Waals surface area contributed by atoms with Crippen LogP contribution in [0.2, 0.25) is 0 Å². The Bertz CT molecular complexity index is 1390. The normalized spacial score (nSPS) is 14.4. The number of carbonyl (C=O) groups is 2. The van der Waals surface area contributed by atoms with Crippen molar-refractivity contribution in [3.8, 4) is 5.75 Å². The molecular weight excluding hydrogens is 448 g/mol. The van der Waals surface area contributed by atoms with Crippen LogP contribution < -0.4 is 15.0 Å². The van der Waals surface area contributed by atoms with Gasteiger partial charge in [0, 0.05) is 40.0 Å². The van der Waals surface area contributed by atoms with Gasteiger partial charge < -0.3 is 10.1 Å². The van der Waals surface area contributed by atoms with Gasteiger partial charge in [0.15, 0.2) is 5.75 Å². The van der Waals surface area contributed by atoms with Gasteiger partial charge >= 0.3 is 0 Å². The molecule has 0 saturated carbocycles. The molecule has 5 nitrogen and oxygen atoms in total. The van der Waals surface area contributed by atoms with Crippen LogP contribution in [-0.4, -0.2) is 11.8 Å². The van der Waals surface area contributed by atoms with Crippen LogP contribution in [0.4, 0.5) is 11.4 Å². The summed E-state index contributed by atoms with van der Waals surface area (Å²) in [5.74, 6) is 0.845. The van der Waals surface area contributed by atoms with E-state index in [2.05, 4.69) is 5.32 Å². The maximum absolute atomic E-state index is 13.5. The van der Waals surface area contributed by atoms with Crippen molar-refractivity contribution in [1.82, 2.24) is 0 Å². The first-order valence-electron chi connectivity index (χ1n) is 10.8. The lowest BCUT2D eigenvalue weighted by Crippen LogP contribution is -2.25. The zero-order chi connectivity index (χ0) is 23.7. The highest BCUT2D eigenvalue weighted by Gasteiger charge is 2.26. The van der Waals surface area contributed by atoms with Gasteiger partial charge in [0.2, 0.25) is 0 Å². The summed E-state index contributed by atoms with van der Waals surface area (Å²) in [6, 6.07) is 21.6. The number of amides is 2. The molecule has 6 heteroatoms. The van der Waals surface area contributed by atoms with Gasteiger partial charge in [-0.1, -0.05) is 41.9 Å². The highest BCUT2D eigenvalue weighted by Crippen LogP contribution is 2.39. The first-order valence-corrected chi connectivity index (χ1v) is 11.2. The zero-order valence-corrected chi connectivity index (χ0v) is 19.2. The molecule has 0 unspecified atom stereocenters. The molecular formula is C28H21ClN2O3. The third kappa shape index (κ3) is 4.26. The molecule has 5 rings (SSSR count). The van der Waals surface area contributed by atoms with E-state index >= 15 is 0 Å². The van der Waals surface area contributed by atoms with Crippen molar-refractivity contribution in [3.63, 3.8) is 0 Å². The molecule has 1 heterocycles. The van der Waals surface area contributed by atoms with Crippen molar-refractivity contribution in [2.45, 2.75) is 13.3 Å². The van der Waals surface area contributed by atoms with Gasteiger partial charge in [-0.25, -0.2) is 0 Å². The van der Waals surface area contributed by atoms with E-state index in [9.17, 15) is 9.59 Å². The van der Waals surface area contributed by atoms with E-state index in [1.54, 1.807) is 47.5 Å². The predicted molar refractivity (Wildman–Crippen MR) is 134 cm³/mol.